The van der Waals surface area contributed by atoms with Crippen LogP contribution in [0.1, 0.15) is 28.0 Å². The molecule has 0 unspecified atom stereocenters. The van der Waals surface area contributed by atoms with Crippen LogP contribution in [-0.2, 0) is 0 Å². The van der Waals surface area contributed by atoms with E-state index in [1.165, 1.54) is 18.3 Å². The second-order valence-corrected chi connectivity index (χ2v) is 4.61. The molecule has 0 spiro atoms. The lowest BCUT2D eigenvalue weighted by molar-refractivity contribution is 0.102. The van der Waals surface area contributed by atoms with Gasteiger partial charge in [0.1, 0.15) is 0 Å². The van der Waals surface area contributed by atoms with Crippen LogP contribution in [0, 0.1) is 6.92 Å². The van der Waals surface area contributed by atoms with Crippen molar-refractivity contribution in [2.75, 3.05) is 5.43 Å². The first kappa shape index (κ1) is 12.4. The maximum atomic E-state index is 11.3. The van der Waals surface area contributed by atoms with Crippen LogP contribution in [0.3, 0.4) is 0 Å². The van der Waals surface area contributed by atoms with E-state index < -0.39 is 0 Å². The number of aromatic nitrogens is 2. The molecule has 5 nitrogen and oxygen atoms in total. The van der Waals surface area contributed by atoms with Crippen molar-refractivity contribution in [1.29, 1.82) is 0 Å². The number of carbonyl (C=O) groups is 1. The van der Waals surface area contributed by atoms with Gasteiger partial charge in [-0.15, -0.1) is 0 Å². The number of rotatable bonds is 4. The molecule has 0 aliphatic rings. The van der Waals surface area contributed by atoms with Gasteiger partial charge in [-0.25, -0.2) is 4.98 Å². The normalized spacial score (nSPS) is 10.8. The fourth-order valence-electron chi connectivity index (χ4n) is 1.38. The molecule has 0 radical (unpaired) electrons. The van der Waals surface area contributed by atoms with Gasteiger partial charge in [0.25, 0.3) is 0 Å². The molecule has 0 saturated carbocycles. The fraction of sp³-hybridized carbons (Fsp3) is 0.167. The van der Waals surface area contributed by atoms with E-state index >= 15 is 0 Å². The topological polar surface area (TPSA) is 67.2 Å². The van der Waals surface area contributed by atoms with E-state index in [-0.39, 0.29) is 5.78 Å². The number of hydrazone groups is 1. The molecular weight excluding hydrogens is 248 g/mol. The lowest BCUT2D eigenvalue weighted by Crippen LogP contribution is -1.91. The summed E-state index contributed by atoms with van der Waals surface area (Å²) in [7, 11) is 0. The van der Waals surface area contributed by atoms with Gasteiger partial charge in [-0.05, 0) is 19.1 Å². The van der Waals surface area contributed by atoms with Crippen LogP contribution in [0.5, 0.6) is 0 Å². The number of hydrogen-bond donors (Lipinski definition) is 1. The molecule has 0 fully saturated rings. The molecular formula is C12H12N4OS. The maximum absolute atomic E-state index is 11.3. The standard InChI is InChI=1S/C12H12N4OS/c1-8-11(9(2)17)18-12(15-8)16-14-7-10-5-3-4-6-13-10/h3-7H,1-2H3,(H,15,16)/b14-7-. The van der Waals surface area contributed by atoms with Gasteiger partial charge in [0.15, 0.2) is 5.78 Å². The minimum absolute atomic E-state index is 0.0201. The number of pyridine rings is 1. The predicted molar refractivity (Wildman–Crippen MR) is 72.3 cm³/mol. The monoisotopic (exact) mass is 260 g/mol. The minimum atomic E-state index is 0.0201. The number of nitrogens with zero attached hydrogens (tertiary/aromatic N) is 3. The van der Waals surface area contributed by atoms with Gasteiger partial charge in [-0.3, -0.25) is 15.2 Å². The Morgan fingerprint density at radius 1 is 1.50 bits per heavy atom. The summed E-state index contributed by atoms with van der Waals surface area (Å²) in [5.74, 6) is 0.0201. The quantitative estimate of drug-likeness (QED) is 0.521. The number of Topliss-reactive ketones (excluding diaryl/α,β-unsaturated/α-hetero) is 1. The molecule has 0 bridgehead atoms. The Labute approximate surface area is 109 Å². The molecule has 0 aliphatic carbocycles. The maximum Gasteiger partial charge on any atom is 0.204 e. The van der Waals surface area contributed by atoms with Crippen molar-refractivity contribution in [1.82, 2.24) is 9.97 Å². The third-order valence-corrected chi connectivity index (χ3v) is 3.32. The summed E-state index contributed by atoms with van der Waals surface area (Å²) in [4.78, 5) is 20.2. The van der Waals surface area contributed by atoms with Gasteiger partial charge >= 0.3 is 0 Å². The van der Waals surface area contributed by atoms with E-state index in [0.29, 0.717) is 10.0 Å². The molecule has 0 aliphatic heterocycles. The van der Waals surface area contributed by atoms with Crippen LogP contribution in [0.2, 0.25) is 0 Å². The number of aryl methyl sites for hydroxylation is 1. The van der Waals surface area contributed by atoms with Gasteiger partial charge in [0, 0.05) is 13.1 Å². The first-order valence-electron chi connectivity index (χ1n) is 5.35. The van der Waals surface area contributed by atoms with E-state index in [1.807, 2.05) is 18.2 Å². The molecule has 2 rings (SSSR count). The van der Waals surface area contributed by atoms with Gasteiger partial charge < -0.3 is 0 Å². The summed E-state index contributed by atoms with van der Waals surface area (Å²) in [5, 5.41) is 4.63. The zero-order chi connectivity index (χ0) is 13.0. The summed E-state index contributed by atoms with van der Waals surface area (Å²) in [5.41, 5.74) is 4.27. The molecule has 18 heavy (non-hydrogen) atoms. The molecule has 1 N–H and O–H groups in total. The SMILES string of the molecule is CC(=O)c1sc(N/N=C\c2ccccn2)nc1C. The second kappa shape index (κ2) is 5.50. The zero-order valence-corrected chi connectivity index (χ0v) is 10.9. The Hall–Kier alpha value is -2.08. The molecule has 0 atom stereocenters. The summed E-state index contributed by atoms with van der Waals surface area (Å²) >= 11 is 1.30. The number of anilines is 1. The molecule has 2 aromatic rings. The highest BCUT2D eigenvalue weighted by atomic mass is 32.1. The highest BCUT2D eigenvalue weighted by Gasteiger charge is 2.10. The molecule has 2 aromatic heterocycles. The summed E-state index contributed by atoms with van der Waals surface area (Å²) in [6.07, 6.45) is 3.30. The first-order valence-corrected chi connectivity index (χ1v) is 6.17. The Bertz CT molecular complexity index is 577. The largest absolute Gasteiger partial charge is 0.294 e. The molecule has 0 amide bonds. The van der Waals surface area contributed by atoms with Crippen molar-refractivity contribution in [3.8, 4) is 0 Å². The number of nitrogens with one attached hydrogen (secondary N) is 1. The summed E-state index contributed by atoms with van der Waals surface area (Å²) in [6.45, 7) is 3.34. The second-order valence-electron chi connectivity index (χ2n) is 3.61. The Morgan fingerprint density at radius 3 is 2.94 bits per heavy atom. The Morgan fingerprint density at radius 2 is 2.33 bits per heavy atom. The van der Waals surface area contributed by atoms with Crippen molar-refractivity contribution in [3.05, 3.63) is 40.7 Å². The van der Waals surface area contributed by atoms with Crippen molar-refractivity contribution >= 4 is 28.5 Å². The van der Waals surface area contributed by atoms with E-state index in [4.69, 9.17) is 0 Å². The van der Waals surface area contributed by atoms with E-state index in [2.05, 4.69) is 20.5 Å². The predicted octanol–water partition coefficient (Wildman–Crippen LogP) is 2.50. The third kappa shape index (κ3) is 2.98. The molecule has 92 valence electrons. The van der Waals surface area contributed by atoms with Gasteiger partial charge in [-0.1, -0.05) is 17.4 Å². The zero-order valence-electron chi connectivity index (χ0n) is 10.0. The average Bonchev–Trinajstić information content (AvgIpc) is 2.72. The van der Waals surface area contributed by atoms with E-state index in [1.54, 1.807) is 19.3 Å². The lowest BCUT2D eigenvalue weighted by Gasteiger charge is -1.92. The van der Waals surface area contributed by atoms with Gasteiger partial charge in [0.2, 0.25) is 5.13 Å². The molecule has 6 heteroatoms. The van der Waals surface area contributed by atoms with Crippen LogP contribution in [-0.4, -0.2) is 22.0 Å². The van der Waals surface area contributed by atoms with Crippen molar-refractivity contribution in [2.45, 2.75) is 13.8 Å². The molecule has 2 heterocycles. The van der Waals surface area contributed by atoms with Crippen LogP contribution in [0.25, 0.3) is 0 Å². The van der Waals surface area contributed by atoms with Crippen molar-refractivity contribution in [2.24, 2.45) is 5.10 Å². The molecule has 0 saturated heterocycles. The minimum Gasteiger partial charge on any atom is -0.294 e. The lowest BCUT2D eigenvalue weighted by atomic mass is 10.3. The van der Waals surface area contributed by atoms with Crippen LogP contribution < -0.4 is 5.43 Å². The van der Waals surface area contributed by atoms with Crippen molar-refractivity contribution < 1.29 is 4.79 Å². The third-order valence-electron chi connectivity index (χ3n) is 2.16. The Kier molecular flexibility index (Phi) is 3.78. The van der Waals surface area contributed by atoms with Crippen molar-refractivity contribution in [3.63, 3.8) is 0 Å². The van der Waals surface area contributed by atoms with Gasteiger partial charge in [-0.2, -0.15) is 5.10 Å². The van der Waals surface area contributed by atoms with Crippen LogP contribution in [0.15, 0.2) is 29.5 Å². The summed E-state index contributed by atoms with van der Waals surface area (Å²) in [6, 6.07) is 5.57. The highest BCUT2D eigenvalue weighted by Crippen LogP contribution is 2.22. The van der Waals surface area contributed by atoms with Crippen LogP contribution >= 0.6 is 11.3 Å². The molecule has 0 aromatic carbocycles. The number of hydrogen-bond acceptors (Lipinski definition) is 6. The smallest absolute Gasteiger partial charge is 0.204 e. The summed E-state index contributed by atoms with van der Waals surface area (Å²) < 4.78 is 0. The fourth-order valence-corrected chi connectivity index (χ4v) is 2.19. The average molecular weight is 260 g/mol. The van der Waals surface area contributed by atoms with E-state index in [9.17, 15) is 4.79 Å². The number of carbonyl (C=O) groups excluding carboxylic acids is 1. The number of thiazole rings is 1. The first-order chi connectivity index (χ1) is 8.66. The number of ketones is 1. The highest BCUT2D eigenvalue weighted by molar-refractivity contribution is 7.17. The van der Waals surface area contributed by atoms with Gasteiger partial charge in [0.05, 0.1) is 22.5 Å². The Balaban J connectivity index is 2.05. The van der Waals surface area contributed by atoms with E-state index in [0.717, 1.165) is 11.4 Å². The van der Waals surface area contributed by atoms with Crippen LogP contribution in [0.4, 0.5) is 5.13 Å².